The quantitative estimate of drug-likeness (QED) is 0.107. The van der Waals surface area contributed by atoms with E-state index in [0.29, 0.717) is 17.7 Å². The Morgan fingerprint density at radius 3 is 1.25 bits per heavy atom. The molecule has 0 atom stereocenters. The van der Waals surface area contributed by atoms with Gasteiger partial charge in [0.1, 0.15) is 0 Å². The molecule has 5 nitrogen and oxygen atoms in total. The molecule has 0 unspecified atom stereocenters. The maximum atomic E-state index is 5.56. The molecule has 3 heterocycles. The van der Waals surface area contributed by atoms with E-state index >= 15 is 0 Å². The normalized spacial score (nSPS) is 11.8. The van der Waals surface area contributed by atoms with Crippen molar-refractivity contribution < 1.29 is 0 Å². The van der Waals surface area contributed by atoms with Crippen LogP contribution in [0.4, 0.5) is 0 Å². The Bertz CT molecular complexity index is 3920. The summed E-state index contributed by atoms with van der Waals surface area (Å²) in [6.07, 6.45) is 0. The molecule has 0 aliphatic heterocycles. The number of nitrogens with zero attached hydrogens (tertiary/aromatic N) is 5. The standard InChI is InChI=1S/C63H43N5Si/c1-5-22-44(23-6-1)46-26-19-32-50(42-46)69(48-28-9-3-10-29-48,49-30-11-4-12-31-49)51-33-20-27-47(43-51)61-64-62(67-56-38-16-13-34-53(56)54-35-14-17-39-57(54)67)66-63(65-61)68-58-40-18-15-36-55(58)60-52(37-21-41-59(60)68)45-24-7-2-8-25-45/h1-43H. The van der Waals surface area contributed by atoms with Crippen LogP contribution >= 0.6 is 0 Å². The zero-order chi connectivity index (χ0) is 45.7. The first-order valence-electron chi connectivity index (χ1n) is 23.4. The molecule has 0 aliphatic rings. The molecule has 0 saturated carbocycles. The summed E-state index contributed by atoms with van der Waals surface area (Å²) in [5, 5.41) is 9.67. The molecular formula is C63H43N5Si. The molecule has 0 amide bonds. The van der Waals surface area contributed by atoms with Crippen molar-refractivity contribution in [3.05, 3.63) is 261 Å². The van der Waals surface area contributed by atoms with Crippen LogP contribution in [0, 0.1) is 0 Å². The zero-order valence-electron chi connectivity index (χ0n) is 37.6. The van der Waals surface area contributed by atoms with E-state index in [2.05, 4.69) is 270 Å². The van der Waals surface area contributed by atoms with E-state index in [1.165, 1.54) is 31.9 Å². The van der Waals surface area contributed by atoms with Gasteiger partial charge in [-0.05, 0) is 67.3 Å². The van der Waals surface area contributed by atoms with E-state index in [1.807, 2.05) is 0 Å². The third-order valence-electron chi connectivity index (χ3n) is 13.7. The third-order valence-corrected chi connectivity index (χ3v) is 18.5. The summed E-state index contributed by atoms with van der Waals surface area (Å²) in [5.41, 5.74) is 9.70. The maximum absolute atomic E-state index is 5.56. The number of fused-ring (bicyclic) bond motifs is 6. The number of rotatable bonds is 9. The fraction of sp³-hybridized carbons (Fsp3) is 0. The van der Waals surface area contributed by atoms with Crippen LogP contribution in [0.1, 0.15) is 0 Å². The van der Waals surface area contributed by atoms with Gasteiger partial charge in [0, 0.05) is 27.1 Å². The van der Waals surface area contributed by atoms with Gasteiger partial charge in [-0.2, -0.15) is 15.0 Å². The maximum Gasteiger partial charge on any atom is 0.240 e. The first-order chi connectivity index (χ1) is 34.2. The first-order valence-corrected chi connectivity index (χ1v) is 25.4. The predicted octanol–water partition coefficient (Wildman–Crippen LogP) is 12.4. The highest BCUT2D eigenvalue weighted by atomic mass is 28.3. The molecule has 0 N–H and O–H groups in total. The second-order valence-corrected chi connectivity index (χ2v) is 21.4. The molecular weight excluding hydrogens is 855 g/mol. The summed E-state index contributed by atoms with van der Waals surface area (Å²) in [6, 6.07) is 94.0. The molecule has 0 spiro atoms. The van der Waals surface area contributed by atoms with Crippen molar-refractivity contribution in [3.8, 4) is 45.5 Å². The number of hydrogen-bond donors (Lipinski definition) is 0. The van der Waals surface area contributed by atoms with E-state index < -0.39 is 8.07 Å². The lowest BCUT2D eigenvalue weighted by atomic mass is 9.99. The van der Waals surface area contributed by atoms with E-state index in [-0.39, 0.29) is 0 Å². The van der Waals surface area contributed by atoms with Crippen LogP contribution in [0.3, 0.4) is 0 Å². The Labute approximate surface area is 400 Å². The highest BCUT2D eigenvalue weighted by Gasteiger charge is 2.42. The lowest BCUT2D eigenvalue weighted by Crippen LogP contribution is -2.74. The van der Waals surface area contributed by atoms with Crippen molar-refractivity contribution >= 4 is 72.4 Å². The van der Waals surface area contributed by atoms with Crippen LogP contribution in [0.15, 0.2) is 261 Å². The molecule has 10 aromatic carbocycles. The van der Waals surface area contributed by atoms with Gasteiger partial charge in [0.05, 0.1) is 22.1 Å². The minimum absolute atomic E-state index is 0.545. The van der Waals surface area contributed by atoms with E-state index in [9.17, 15) is 0 Å². The fourth-order valence-corrected chi connectivity index (χ4v) is 15.6. The van der Waals surface area contributed by atoms with Gasteiger partial charge >= 0.3 is 0 Å². The molecule has 0 bridgehead atoms. The molecule has 0 radical (unpaired) electrons. The van der Waals surface area contributed by atoms with E-state index in [4.69, 9.17) is 15.0 Å². The number of hydrogen-bond acceptors (Lipinski definition) is 3. The van der Waals surface area contributed by atoms with E-state index in [0.717, 1.165) is 60.3 Å². The molecule has 13 rings (SSSR count). The van der Waals surface area contributed by atoms with Crippen LogP contribution in [0.25, 0.3) is 89.2 Å². The lowest BCUT2D eigenvalue weighted by molar-refractivity contribution is 0.893. The first kappa shape index (κ1) is 40.3. The minimum Gasteiger partial charge on any atom is -0.278 e. The van der Waals surface area contributed by atoms with Crippen molar-refractivity contribution in [1.29, 1.82) is 0 Å². The Morgan fingerprint density at radius 1 is 0.275 bits per heavy atom. The number of aromatic nitrogens is 5. The van der Waals surface area contributed by atoms with Gasteiger partial charge in [-0.15, -0.1) is 0 Å². The van der Waals surface area contributed by atoms with Gasteiger partial charge in [-0.1, -0.05) is 237 Å². The summed E-state index contributed by atoms with van der Waals surface area (Å²) >= 11 is 0. The SMILES string of the molecule is c1ccc(-c2cccc([Si](c3ccccc3)(c3ccccc3)c3cccc(-c4nc(-n5c6ccccc6c6ccccc65)nc(-n5c6ccccc6c6c(-c7ccccc7)cccc65)n4)c3)c2)cc1. The Balaban J connectivity index is 1.10. The molecule has 0 saturated heterocycles. The second kappa shape index (κ2) is 16.7. The lowest BCUT2D eigenvalue weighted by Gasteiger charge is -2.35. The molecule has 0 fully saturated rings. The minimum atomic E-state index is -3.03. The van der Waals surface area contributed by atoms with Crippen LogP contribution in [-0.4, -0.2) is 32.2 Å². The highest BCUT2D eigenvalue weighted by molar-refractivity contribution is 7.20. The van der Waals surface area contributed by atoms with Crippen molar-refractivity contribution in [2.45, 2.75) is 0 Å². The largest absolute Gasteiger partial charge is 0.278 e. The van der Waals surface area contributed by atoms with Gasteiger partial charge in [0.25, 0.3) is 0 Å². The summed E-state index contributed by atoms with van der Waals surface area (Å²) in [5.74, 6) is 1.68. The molecule has 69 heavy (non-hydrogen) atoms. The number of benzene rings is 10. The van der Waals surface area contributed by atoms with Crippen LogP contribution in [0.5, 0.6) is 0 Å². The van der Waals surface area contributed by atoms with Gasteiger partial charge in [0.15, 0.2) is 13.9 Å². The average molecular weight is 898 g/mol. The third kappa shape index (κ3) is 6.64. The second-order valence-electron chi connectivity index (χ2n) is 17.6. The van der Waals surface area contributed by atoms with Crippen molar-refractivity contribution in [3.63, 3.8) is 0 Å². The van der Waals surface area contributed by atoms with Crippen LogP contribution < -0.4 is 20.7 Å². The summed E-state index contributed by atoms with van der Waals surface area (Å²) in [7, 11) is -3.03. The predicted molar refractivity (Wildman–Crippen MR) is 288 cm³/mol. The Morgan fingerprint density at radius 2 is 0.667 bits per heavy atom. The van der Waals surface area contributed by atoms with Gasteiger partial charge in [-0.25, -0.2) is 0 Å². The van der Waals surface area contributed by atoms with Gasteiger partial charge < -0.3 is 0 Å². The summed E-state index contributed by atoms with van der Waals surface area (Å²) in [4.78, 5) is 16.6. The molecule has 13 aromatic rings. The van der Waals surface area contributed by atoms with Crippen LogP contribution in [-0.2, 0) is 0 Å². The molecule has 0 aliphatic carbocycles. The van der Waals surface area contributed by atoms with Crippen LogP contribution in [0.2, 0.25) is 0 Å². The highest BCUT2D eigenvalue weighted by Crippen LogP contribution is 2.39. The van der Waals surface area contributed by atoms with Crippen molar-refractivity contribution in [1.82, 2.24) is 24.1 Å². The monoisotopic (exact) mass is 897 g/mol. The Hall–Kier alpha value is -8.97. The zero-order valence-corrected chi connectivity index (χ0v) is 38.6. The average Bonchev–Trinajstić information content (AvgIpc) is 3.96. The summed E-state index contributed by atoms with van der Waals surface area (Å²) in [6.45, 7) is 0. The molecule has 6 heteroatoms. The molecule has 3 aromatic heterocycles. The fourth-order valence-electron chi connectivity index (χ4n) is 10.7. The summed E-state index contributed by atoms with van der Waals surface area (Å²) < 4.78 is 4.43. The van der Waals surface area contributed by atoms with Crippen molar-refractivity contribution in [2.24, 2.45) is 0 Å². The van der Waals surface area contributed by atoms with E-state index in [1.54, 1.807) is 0 Å². The topological polar surface area (TPSA) is 48.5 Å². The Kier molecular flexibility index (Phi) is 9.77. The van der Waals surface area contributed by atoms with Gasteiger partial charge in [-0.3, -0.25) is 9.13 Å². The van der Waals surface area contributed by atoms with Crippen molar-refractivity contribution in [2.75, 3.05) is 0 Å². The van der Waals surface area contributed by atoms with Gasteiger partial charge in [0.2, 0.25) is 11.9 Å². The molecule has 324 valence electrons. The smallest absolute Gasteiger partial charge is 0.240 e. The number of para-hydroxylation sites is 3.